The van der Waals surface area contributed by atoms with Gasteiger partial charge in [0.2, 0.25) is 5.78 Å². The number of hydrogen-bond donors (Lipinski definition) is 1. The number of aryl methyl sites for hydroxylation is 1. The van der Waals surface area contributed by atoms with E-state index in [0.29, 0.717) is 34.7 Å². The predicted octanol–water partition coefficient (Wildman–Crippen LogP) is 4.19. The second-order valence-corrected chi connectivity index (χ2v) is 7.15. The van der Waals surface area contributed by atoms with E-state index in [1.807, 2.05) is 13.8 Å². The summed E-state index contributed by atoms with van der Waals surface area (Å²) in [6, 6.07) is 6.89. The van der Waals surface area contributed by atoms with E-state index >= 15 is 0 Å². The number of rotatable bonds is 8. The zero-order valence-electron chi connectivity index (χ0n) is 17.2. The summed E-state index contributed by atoms with van der Waals surface area (Å²) in [4.78, 5) is 39.7. The number of benzene rings is 1. The highest BCUT2D eigenvalue weighted by Crippen LogP contribution is 2.21. The highest BCUT2D eigenvalue weighted by atomic mass is 16.5. The molecule has 0 saturated heterocycles. The van der Waals surface area contributed by atoms with Gasteiger partial charge in [-0.05, 0) is 64.8 Å². The van der Waals surface area contributed by atoms with E-state index in [4.69, 9.17) is 9.47 Å². The van der Waals surface area contributed by atoms with Crippen molar-refractivity contribution in [2.75, 3.05) is 0 Å². The quantitative estimate of drug-likeness (QED) is 0.544. The van der Waals surface area contributed by atoms with Gasteiger partial charge in [0.25, 0.3) is 0 Å². The zero-order chi connectivity index (χ0) is 21.0. The Kier molecular flexibility index (Phi) is 6.91. The second-order valence-electron chi connectivity index (χ2n) is 7.15. The minimum atomic E-state index is -0.979. The van der Waals surface area contributed by atoms with Crippen molar-refractivity contribution in [1.29, 1.82) is 0 Å². The van der Waals surface area contributed by atoms with Crippen molar-refractivity contribution in [3.8, 4) is 0 Å². The number of ketones is 2. The number of ether oxygens (including phenoxy) is 2. The summed E-state index contributed by atoms with van der Waals surface area (Å²) < 4.78 is 10.9. The van der Waals surface area contributed by atoms with Gasteiger partial charge in [-0.1, -0.05) is 12.1 Å². The van der Waals surface area contributed by atoms with Gasteiger partial charge >= 0.3 is 5.97 Å². The normalized spacial score (nSPS) is 12.1. The molecule has 6 nitrogen and oxygen atoms in total. The summed E-state index contributed by atoms with van der Waals surface area (Å²) in [5.41, 5.74) is 3.31. The van der Waals surface area contributed by atoms with Gasteiger partial charge < -0.3 is 14.5 Å². The fourth-order valence-electron chi connectivity index (χ4n) is 3.01. The van der Waals surface area contributed by atoms with Crippen LogP contribution in [0.4, 0.5) is 0 Å². The van der Waals surface area contributed by atoms with Crippen LogP contribution in [-0.2, 0) is 16.1 Å². The van der Waals surface area contributed by atoms with Gasteiger partial charge in [-0.2, -0.15) is 0 Å². The van der Waals surface area contributed by atoms with E-state index in [0.717, 1.165) is 5.56 Å². The number of esters is 1. The lowest BCUT2D eigenvalue weighted by Gasteiger charge is -2.13. The Bertz CT molecular complexity index is 877. The lowest BCUT2D eigenvalue weighted by Crippen LogP contribution is -2.25. The molecule has 0 radical (unpaired) electrons. The van der Waals surface area contributed by atoms with Crippen LogP contribution in [0.2, 0.25) is 0 Å². The smallest absolute Gasteiger partial charge is 0.338 e. The zero-order valence-corrected chi connectivity index (χ0v) is 17.2. The number of carbonyl (C=O) groups is 3. The standard InChI is InChI=1S/C22H27NO5/c1-12(2)27-11-17-7-9-18(10-8-17)22(26)28-16(6)21(25)20-13(3)19(15(5)24)14(4)23-20/h7-10,12,16,23H,11H2,1-6H3/t16-/m1/s1. The minimum Gasteiger partial charge on any atom is -0.451 e. The summed E-state index contributed by atoms with van der Waals surface area (Å²) in [7, 11) is 0. The first-order chi connectivity index (χ1) is 13.1. The Morgan fingerprint density at radius 2 is 1.64 bits per heavy atom. The Balaban J connectivity index is 2.07. The van der Waals surface area contributed by atoms with Crippen LogP contribution in [0.25, 0.3) is 0 Å². The third kappa shape index (κ3) is 4.95. The summed E-state index contributed by atoms with van der Waals surface area (Å²) in [5, 5.41) is 0. The molecular formula is C22H27NO5. The SMILES string of the molecule is CC(=O)c1c(C)[nH]c(C(=O)[C@@H](C)OC(=O)c2ccc(COC(C)C)cc2)c1C. The van der Waals surface area contributed by atoms with Crippen LogP contribution in [0.5, 0.6) is 0 Å². The molecule has 28 heavy (non-hydrogen) atoms. The monoisotopic (exact) mass is 385 g/mol. The lowest BCUT2D eigenvalue weighted by molar-refractivity contribution is 0.0316. The Morgan fingerprint density at radius 1 is 1.04 bits per heavy atom. The molecule has 0 aliphatic carbocycles. The molecule has 2 aromatic rings. The first-order valence-corrected chi connectivity index (χ1v) is 9.27. The summed E-state index contributed by atoms with van der Waals surface area (Å²) >= 11 is 0. The average Bonchev–Trinajstić information content (AvgIpc) is 2.93. The number of aromatic amines is 1. The average molecular weight is 385 g/mol. The van der Waals surface area contributed by atoms with Gasteiger partial charge in [-0.25, -0.2) is 4.79 Å². The maximum absolute atomic E-state index is 12.7. The summed E-state index contributed by atoms with van der Waals surface area (Å²) in [5.74, 6) is -1.07. The van der Waals surface area contributed by atoms with Crippen molar-refractivity contribution in [2.45, 2.75) is 60.4 Å². The van der Waals surface area contributed by atoms with Gasteiger partial charge in [-0.15, -0.1) is 0 Å². The molecule has 1 heterocycles. The maximum atomic E-state index is 12.7. The van der Waals surface area contributed by atoms with E-state index in [1.165, 1.54) is 13.8 Å². The van der Waals surface area contributed by atoms with E-state index in [-0.39, 0.29) is 17.7 Å². The summed E-state index contributed by atoms with van der Waals surface area (Å²) in [6.45, 7) is 10.8. The molecule has 6 heteroatoms. The van der Waals surface area contributed by atoms with Crippen molar-refractivity contribution in [3.63, 3.8) is 0 Å². The molecule has 1 aromatic carbocycles. The molecule has 0 amide bonds. The highest BCUT2D eigenvalue weighted by Gasteiger charge is 2.26. The molecular weight excluding hydrogens is 358 g/mol. The van der Waals surface area contributed by atoms with Crippen LogP contribution in [0.3, 0.4) is 0 Å². The maximum Gasteiger partial charge on any atom is 0.338 e. The Morgan fingerprint density at radius 3 is 2.14 bits per heavy atom. The van der Waals surface area contributed by atoms with Crippen LogP contribution >= 0.6 is 0 Å². The molecule has 2 rings (SSSR count). The molecule has 0 aliphatic rings. The van der Waals surface area contributed by atoms with Crippen LogP contribution in [0, 0.1) is 13.8 Å². The third-order valence-corrected chi connectivity index (χ3v) is 4.46. The summed E-state index contributed by atoms with van der Waals surface area (Å²) in [6.07, 6.45) is -0.854. The van der Waals surface area contributed by atoms with Crippen LogP contribution in [0.15, 0.2) is 24.3 Å². The van der Waals surface area contributed by atoms with Gasteiger partial charge in [0.15, 0.2) is 11.9 Å². The predicted molar refractivity (Wildman–Crippen MR) is 106 cm³/mol. The van der Waals surface area contributed by atoms with Crippen molar-refractivity contribution in [3.05, 3.63) is 57.9 Å². The first kappa shape index (κ1) is 21.6. The van der Waals surface area contributed by atoms with E-state index < -0.39 is 12.1 Å². The molecule has 0 fully saturated rings. The van der Waals surface area contributed by atoms with E-state index in [9.17, 15) is 14.4 Å². The molecule has 1 aromatic heterocycles. The van der Waals surface area contributed by atoms with Crippen molar-refractivity contribution < 1.29 is 23.9 Å². The van der Waals surface area contributed by atoms with E-state index in [1.54, 1.807) is 38.1 Å². The number of H-pyrrole nitrogens is 1. The molecule has 150 valence electrons. The van der Waals surface area contributed by atoms with E-state index in [2.05, 4.69) is 4.98 Å². The fourth-order valence-corrected chi connectivity index (χ4v) is 3.01. The van der Waals surface area contributed by atoms with Gasteiger partial charge in [0.05, 0.1) is 24.0 Å². The number of Topliss-reactive ketones (excluding diaryl/α,β-unsaturated/α-hetero) is 2. The van der Waals surface area contributed by atoms with Crippen LogP contribution in [-0.4, -0.2) is 34.7 Å². The molecule has 1 N–H and O–H groups in total. The number of carbonyl (C=O) groups excluding carboxylic acids is 3. The Labute approximate surface area is 165 Å². The molecule has 0 saturated carbocycles. The second kappa shape index (κ2) is 8.97. The number of hydrogen-bond acceptors (Lipinski definition) is 5. The van der Waals surface area contributed by atoms with Crippen LogP contribution in [0.1, 0.15) is 75.7 Å². The fraction of sp³-hybridized carbons (Fsp3) is 0.409. The number of nitrogens with one attached hydrogen (secondary N) is 1. The van der Waals surface area contributed by atoms with Gasteiger partial charge in [0, 0.05) is 11.3 Å². The van der Waals surface area contributed by atoms with Gasteiger partial charge in [0.1, 0.15) is 0 Å². The molecule has 0 unspecified atom stereocenters. The molecule has 0 spiro atoms. The highest BCUT2D eigenvalue weighted by molar-refractivity contribution is 6.05. The Hall–Kier alpha value is -2.73. The van der Waals surface area contributed by atoms with Gasteiger partial charge in [-0.3, -0.25) is 9.59 Å². The van der Waals surface area contributed by atoms with Crippen LogP contribution < -0.4 is 0 Å². The number of aromatic nitrogens is 1. The minimum absolute atomic E-state index is 0.114. The molecule has 1 atom stereocenters. The lowest BCUT2D eigenvalue weighted by atomic mass is 10.0. The molecule has 0 bridgehead atoms. The van der Waals surface area contributed by atoms with Crippen molar-refractivity contribution in [1.82, 2.24) is 4.98 Å². The van der Waals surface area contributed by atoms with Crippen molar-refractivity contribution >= 4 is 17.5 Å². The third-order valence-electron chi connectivity index (χ3n) is 4.46. The first-order valence-electron chi connectivity index (χ1n) is 9.27. The topological polar surface area (TPSA) is 85.5 Å². The molecule has 0 aliphatic heterocycles. The largest absolute Gasteiger partial charge is 0.451 e. The van der Waals surface area contributed by atoms with Crippen molar-refractivity contribution in [2.24, 2.45) is 0 Å².